The number of rotatable bonds is 5. The Hall–Kier alpha value is -2.07. The van der Waals surface area contributed by atoms with Crippen LogP contribution < -0.4 is 0 Å². The second-order valence-electron chi connectivity index (χ2n) is 5.24. The van der Waals surface area contributed by atoms with Gasteiger partial charge in [-0.1, -0.05) is 16.2 Å². The van der Waals surface area contributed by atoms with Gasteiger partial charge in [-0.15, -0.1) is 6.42 Å². The van der Waals surface area contributed by atoms with E-state index in [9.17, 15) is 4.79 Å². The predicted octanol–water partition coefficient (Wildman–Crippen LogP) is 0.917. The molecule has 114 valence electrons. The molecule has 0 radical (unpaired) electrons. The van der Waals surface area contributed by atoms with Crippen molar-refractivity contribution in [3.63, 3.8) is 0 Å². The molecular formula is C14H18N2O5. The number of carbonyl (C=O) groups is 1. The molecule has 0 saturated heterocycles. The van der Waals surface area contributed by atoms with Crippen LogP contribution in [0.15, 0.2) is 10.3 Å². The summed E-state index contributed by atoms with van der Waals surface area (Å²) in [5.74, 6) is 1.36. The molecule has 1 atom stereocenters. The van der Waals surface area contributed by atoms with Crippen molar-refractivity contribution in [3.05, 3.63) is 0 Å². The van der Waals surface area contributed by atoms with Crippen LogP contribution in [0.1, 0.15) is 38.5 Å². The van der Waals surface area contributed by atoms with Crippen molar-refractivity contribution in [1.82, 2.24) is 0 Å². The first kappa shape index (κ1) is 15.3. The van der Waals surface area contributed by atoms with Crippen molar-refractivity contribution in [2.45, 2.75) is 50.2 Å². The normalized spacial score (nSPS) is 25.7. The topological polar surface area (TPSA) is 101 Å². The van der Waals surface area contributed by atoms with E-state index < -0.39 is 12.1 Å². The van der Waals surface area contributed by atoms with Gasteiger partial charge in [0.2, 0.25) is 6.10 Å². The number of aliphatic carboxylic acids is 1. The largest absolute Gasteiger partial charge is 0.478 e. The summed E-state index contributed by atoms with van der Waals surface area (Å²) in [6.07, 6.45) is 7.60. The third-order valence-electron chi connectivity index (χ3n) is 3.72. The molecule has 1 aliphatic heterocycles. The summed E-state index contributed by atoms with van der Waals surface area (Å²) >= 11 is 0. The SMILES string of the molecule is C#CC1=NOC2(CCC(=NOC(CCO)C(=O)O)CC2)C1. The fraction of sp³-hybridized carbons (Fsp3) is 0.643. The summed E-state index contributed by atoms with van der Waals surface area (Å²) in [6.45, 7) is -0.259. The number of aliphatic hydroxyl groups is 1. The third kappa shape index (κ3) is 3.73. The molecule has 21 heavy (non-hydrogen) atoms. The van der Waals surface area contributed by atoms with Crippen LogP contribution in [0.5, 0.6) is 0 Å². The van der Waals surface area contributed by atoms with E-state index in [0.717, 1.165) is 18.6 Å². The van der Waals surface area contributed by atoms with E-state index >= 15 is 0 Å². The highest BCUT2D eigenvalue weighted by Crippen LogP contribution is 2.37. The van der Waals surface area contributed by atoms with Crippen molar-refractivity contribution in [2.24, 2.45) is 10.3 Å². The molecule has 1 heterocycles. The number of hydrogen-bond acceptors (Lipinski definition) is 6. The van der Waals surface area contributed by atoms with Gasteiger partial charge in [0.15, 0.2) is 0 Å². The lowest BCUT2D eigenvalue weighted by Gasteiger charge is -2.30. The van der Waals surface area contributed by atoms with Gasteiger partial charge >= 0.3 is 5.97 Å². The monoisotopic (exact) mass is 294 g/mol. The van der Waals surface area contributed by atoms with E-state index in [-0.39, 0.29) is 18.6 Å². The molecule has 1 aliphatic carbocycles. The molecule has 1 unspecified atom stereocenters. The van der Waals surface area contributed by atoms with Crippen LogP contribution in [-0.2, 0) is 14.5 Å². The van der Waals surface area contributed by atoms with Crippen LogP contribution in [0.2, 0.25) is 0 Å². The lowest BCUT2D eigenvalue weighted by Crippen LogP contribution is -2.34. The minimum absolute atomic E-state index is 0.0124. The predicted molar refractivity (Wildman–Crippen MR) is 74.8 cm³/mol. The fourth-order valence-electron chi connectivity index (χ4n) is 2.43. The zero-order valence-corrected chi connectivity index (χ0v) is 11.6. The standard InChI is InChI=1S/C14H18N2O5/c1-2-10-9-14(21-16-10)6-3-11(4-7-14)15-20-12(5-8-17)13(18)19/h1,12,17H,3-9H2,(H,18,19). The van der Waals surface area contributed by atoms with Crippen LogP contribution in [0, 0.1) is 12.3 Å². The van der Waals surface area contributed by atoms with Gasteiger partial charge in [0.05, 0.1) is 5.71 Å². The summed E-state index contributed by atoms with van der Waals surface area (Å²) in [7, 11) is 0. The smallest absolute Gasteiger partial charge is 0.347 e. The van der Waals surface area contributed by atoms with Crippen LogP contribution in [0.25, 0.3) is 0 Å². The third-order valence-corrected chi connectivity index (χ3v) is 3.72. The summed E-state index contributed by atoms with van der Waals surface area (Å²) < 4.78 is 0. The maximum absolute atomic E-state index is 10.9. The molecule has 2 aliphatic rings. The first-order chi connectivity index (χ1) is 10.1. The molecule has 0 aromatic heterocycles. The maximum atomic E-state index is 10.9. The number of nitrogens with zero attached hydrogens (tertiary/aromatic N) is 2. The van der Waals surface area contributed by atoms with Crippen LogP contribution in [0.3, 0.4) is 0 Å². The minimum Gasteiger partial charge on any atom is -0.478 e. The molecule has 7 heteroatoms. The summed E-state index contributed by atoms with van der Waals surface area (Å²) in [6, 6.07) is 0. The highest BCUT2D eigenvalue weighted by molar-refractivity contribution is 6.01. The van der Waals surface area contributed by atoms with E-state index in [0.29, 0.717) is 25.0 Å². The van der Waals surface area contributed by atoms with Crippen molar-refractivity contribution < 1.29 is 24.7 Å². The van der Waals surface area contributed by atoms with Gasteiger partial charge in [-0.3, -0.25) is 0 Å². The molecule has 0 amide bonds. The van der Waals surface area contributed by atoms with E-state index in [1.165, 1.54) is 0 Å². The molecule has 0 bridgehead atoms. The molecule has 0 aromatic carbocycles. The Labute approximate surface area is 122 Å². The van der Waals surface area contributed by atoms with E-state index in [1.54, 1.807) is 0 Å². The summed E-state index contributed by atoms with van der Waals surface area (Å²) in [5.41, 5.74) is 1.08. The first-order valence-electron chi connectivity index (χ1n) is 6.85. The van der Waals surface area contributed by atoms with Gasteiger partial charge < -0.3 is 19.9 Å². The Kier molecular flexibility index (Phi) is 4.81. The fourth-order valence-corrected chi connectivity index (χ4v) is 2.43. The van der Waals surface area contributed by atoms with E-state index in [2.05, 4.69) is 16.2 Å². The van der Waals surface area contributed by atoms with Gasteiger partial charge in [-0.2, -0.15) is 0 Å². The number of carboxylic acids is 1. The highest BCUT2D eigenvalue weighted by Gasteiger charge is 2.41. The van der Waals surface area contributed by atoms with Gasteiger partial charge in [0, 0.05) is 19.4 Å². The second kappa shape index (κ2) is 6.59. The molecule has 2 rings (SSSR count). The Balaban J connectivity index is 1.85. The number of oxime groups is 2. The van der Waals surface area contributed by atoms with Gasteiger partial charge in [-0.25, -0.2) is 4.79 Å². The number of aliphatic hydroxyl groups excluding tert-OH is 1. The lowest BCUT2D eigenvalue weighted by molar-refractivity contribution is -0.151. The second-order valence-corrected chi connectivity index (χ2v) is 5.24. The average Bonchev–Trinajstić information content (AvgIpc) is 2.88. The van der Waals surface area contributed by atoms with Crippen LogP contribution in [0.4, 0.5) is 0 Å². The Morgan fingerprint density at radius 3 is 2.81 bits per heavy atom. The summed E-state index contributed by atoms with van der Waals surface area (Å²) in [5, 5.41) is 25.5. The van der Waals surface area contributed by atoms with Crippen LogP contribution >= 0.6 is 0 Å². The maximum Gasteiger partial charge on any atom is 0.347 e. The number of carboxylic acid groups (broad SMARTS) is 1. The van der Waals surface area contributed by atoms with Gasteiger partial charge in [0.25, 0.3) is 0 Å². The Morgan fingerprint density at radius 1 is 1.57 bits per heavy atom. The zero-order valence-electron chi connectivity index (χ0n) is 11.6. The molecular weight excluding hydrogens is 276 g/mol. The molecule has 7 nitrogen and oxygen atoms in total. The first-order valence-corrected chi connectivity index (χ1v) is 6.85. The Bertz CT molecular complexity index is 496. The molecule has 2 N–H and O–H groups in total. The molecule has 1 saturated carbocycles. The molecule has 1 fully saturated rings. The van der Waals surface area contributed by atoms with E-state index in [4.69, 9.17) is 26.3 Å². The van der Waals surface area contributed by atoms with Crippen molar-refractivity contribution in [3.8, 4) is 12.3 Å². The molecule has 0 aromatic rings. The number of terminal acetylenes is 1. The number of hydrogen-bond donors (Lipinski definition) is 2. The molecule has 1 spiro atoms. The summed E-state index contributed by atoms with van der Waals surface area (Å²) in [4.78, 5) is 21.3. The minimum atomic E-state index is -1.13. The van der Waals surface area contributed by atoms with Crippen molar-refractivity contribution in [1.29, 1.82) is 0 Å². The van der Waals surface area contributed by atoms with Crippen LogP contribution in [-0.4, -0.2) is 45.9 Å². The van der Waals surface area contributed by atoms with Crippen molar-refractivity contribution in [2.75, 3.05) is 6.61 Å². The van der Waals surface area contributed by atoms with Crippen molar-refractivity contribution >= 4 is 17.4 Å². The lowest BCUT2D eigenvalue weighted by atomic mass is 9.81. The van der Waals surface area contributed by atoms with E-state index in [1.807, 2.05) is 0 Å². The average molecular weight is 294 g/mol. The Morgan fingerprint density at radius 2 is 2.29 bits per heavy atom. The highest BCUT2D eigenvalue weighted by atomic mass is 16.7. The van der Waals surface area contributed by atoms with Gasteiger partial charge in [0.1, 0.15) is 11.3 Å². The zero-order chi connectivity index (χ0) is 15.3. The quantitative estimate of drug-likeness (QED) is 0.580. The van der Waals surface area contributed by atoms with Gasteiger partial charge in [-0.05, 0) is 25.7 Å².